The minimum atomic E-state index is -2.55. The first kappa shape index (κ1) is 32.1. The van der Waals surface area contributed by atoms with Gasteiger partial charge in [0.15, 0.2) is 0 Å². The lowest BCUT2D eigenvalue weighted by Crippen LogP contribution is -2.54. The molecule has 45 heavy (non-hydrogen) atoms. The lowest BCUT2D eigenvalue weighted by Gasteiger charge is -2.34. The highest BCUT2D eigenvalue weighted by molar-refractivity contribution is 8.13. The molecular formula is C31H34N9O2PS2. The summed E-state index contributed by atoms with van der Waals surface area (Å²) < 4.78 is 3.41. The van der Waals surface area contributed by atoms with Crippen LogP contribution < -0.4 is 32.1 Å². The summed E-state index contributed by atoms with van der Waals surface area (Å²) in [5, 5.41) is 35.5. The Bertz CT molecular complexity index is 1840. The zero-order valence-electron chi connectivity index (χ0n) is 25.6. The van der Waals surface area contributed by atoms with E-state index in [-0.39, 0.29) is 17.5 Å². The van der Waals surface area contributed by atoms with E-state index >= 15 is 0 Å². The van der Waals surface area contributed by atoms with Crippen molar-refractivity contribution in [3.63, 3.8) is 0 Å². The van der Waals surface area contributed by atoms with E-state index in [0.29, 0.717) is 22.6 Å². The third kappa shape index (κ3) is 6.70. The molecule has 0 aliphatic carbocycles. The van der Waals surface area contributed by atoms with Gasteiger partial charge in [0.05, 0.1) is 13.6 Å². The maximum absolute atomic E-state index is 13.6. The van der Waals surface area contributed by atoms with Crippen LogP contribution in [0.2, 0.25) is 0 Å². The van der Waals surface area contributed by atoms with Gasteiger partial charge in [-0.25, -0.2) is 4.33 Å². The van der Waals surface area contributed by atoms with E-state index in [1.54, 1.807) is 20.1 Å². The zero-order valence-corrected chi connectivity index (χ0v) is 28.1. The van der Waals surface area contributed by atoms with E-state index in [1.165, 1.54) is 33.2 Å². The number of thioether (sulfide) groups is 2. The van der Waals surface area contributed by atoms with E-state index in [4.69, 9.17) is 5.10 Å². The number of hydrogen-bond donors (Lipinski definition) is 2. The molecule has 0 spiro atoms. The van der Waals surface area contributed by atoms with E-state index in [0.717, 1.165) is 16.2 Å². The predicted octanol–water partition coefficient (Wildman–Crippen LogP) is 3.08. The number of allylic oxidation sites excluding steroid dienone is 1. The van der Waals surface area contributed by atoms with Crippen molar-refractivity contribution in [2.75, 3.05) is 19.2 Å². The third-order valence-corrected chi connectivity index (χ3v) is 12.4. The quantitative estimate of drug-likeness (QED) is 0.133. The standard InChI is InChI=1S/C31H34N9O2PS2/c1-22-27(41)39(30(44-4)34-32-22)36-29(37-40-28(42)23(2)33-35-31(40)45-5)38(21-24-15-9-6-10-16-24)43(3,25-17-11-7-12-18-25)26-19-13-8-14-20-26/h6-20H,21H2,1-5H3,(H2-,32,33,36,37,41,42). The van der Waals surface area contributed by atoms with Crippen molar-refractivity contribution < 1.29 is 9.43 Å². The Morgan fingerprint density at radius 3 is 2.07 bits per heavy atom. The Kier molecular flexibility index (Phi) is 10.1. The molecule has 11 nitrogen and oxygen atoms in total. The molecule has 232 valence electrons. The number of hydrogen-bond acceptors (Lipinski definition) is 10. The molecule has 5 rings (SSSR count). The minimum Gasteiger partial charge on any atom is -0.856 e. The summed E-state index contributed by atoms with van der Waals surface area (Å²) in [4.78, 5) is 13.6. The van der Waals surface area contributed by atoms with Crippen LogP contribution in [0.4, 0.5) is 0 Å². The SMILES string of the molecule is CSC1=NNC(C)=C([O-])N1N/C(=N\n1c(SC)nnc(C)c1=O)[N+](Cc1ccccc1)=P(C)(c1ccccc1)c1ccccc1. The number of amidine groups is 1. The molecule has 2 heterocycles. The molecule has 4 aromatic rings. The molecule has 3 aromatic carbocycles. The van der Waals surface area contributed by atoms with Gasteiger partial charge in [-0.05, 0) is 38.6 Å². The van der Waals surface area contributed by atoms with Gasteiger partial charge in [0, 0.05) is 27.3 Å². The first-order chi connectivity index (χ1) is 21.8. The Labute approximate surface area is 270 Å². The molecule has 14 heteroatoms. The molecule has 1 aliphatic heterocycles. The third-order valence-electron chi connectivity index (χ3n) is 7.20. The fourth-order valence-corrected chi connectivity index (χ4v) is 8.87. The monoisotopic (exact) mass is 659 g/mol. The van der Waals surface area contributed by atoms with E-state index in [2.05, 4.69) is 61.4 Å². The maximum atomic E-state index is 13.6. The average molecular weight is 660 g/mol. The molecule has 2 N–H and O–H groups in total. The largest absolute Gasteiger partial charge is 0.856 e. The summed E-state index contributed by atoms with van der Waals surface area (Å²) in [6.07, 6.45) is 3.64. The number of guanidine groups is 1. The van der Waals surface area contributed by atoms with Gasteiger partial charge in [-0.15, -0.1) is 20.0 Å². The van der Waals surface area contributed by atoms with Crippen LogP contribution in [-0.2, 0) is 6.54 Å². The Morgan fingerprint density at radius 1 is 0.933 bits per heavy atom. The second-order valence-corrected chi connectivity index (χ2v) is 15.1. The minimum absolute atomic E-state index is 0.197. The smallest absolute Gasteiger partial charge is 0.433 e. The van der Waals surface area contributed by atoms with Crippen LogP contribution in [0.5, 0.6) is 0 Å². The van der Waals surface area contributed by atoms with Gasteiger partial charge in [0.1, 0.15) is 5.69 Å². The molecule has 0 unspecified atom stereocenters. The van der Waals surface area contributed by atoms with Crippen molar-refractivity contribution in [2.45, 2.75) is 25.5 Å². The number of aryl methyl sites for hydroxylation is 1. The van der Waals surface area contributed by atoms with Gasteiger partial charge in [-0.3, -0.25) is 10.2 Å². The van der Waals surface area contributed by atoms with Gasteiger partial charge in [-0.2, -0.15) is 10.4 Å². The predicted molar refractivity (Wildman–Crippen MR) is 183 cm³/mol. The van der Waals surface area contributed by atoms with Crippen LogP contribution in [0.15, 0.2) is 123 Å². The highest BCUT2D eigenvalue weighted by atomic mass is 32.2. The van der Waals surface area contributed by atoms with Crippen LogP contribution in [0.3, 0.4) is 0 Å². The molecule has 0 amide bonds. The Hall–Kier alpha value is -4.32. The second-order valence-electron chi connectivity index (χ2n) is 10.1. The van der Waals surface area contributed by atoms with Gasteiger partial charge in [-0.1, -0.05) is 115 Å². The van der Waals surface area contributed by atoms with E-state index < -0.39 is 12.6 Å². The number of rotatable bonds is 7. The summed E-state index contributed by atoms with van der Waals surface area (Å²) >= 11 is 2.55. The van der Waals surface area contributed by atoms with Crippen molar-refractivity contribution >= 4 is 52.3 Å². The molecule has 0 bridgehead atoms. The highest BCUT2D eigenvalue weighted by Crippen LogP contribution is 2.43. The molecule has 0 saturated carbocycles. The zero-order chi connectivity index (χ0) is 32.0. The summed E-state index contributed by atoms with van der Waals surface area (Å²) in [7, 11) is -2.55. The number of aromatic nitrogens is 3. The van der Waals surface area contributed by atoms with Gasteiger partial charge < -0.3 is 5.11 Å². The molecule has 0 radical (unpaired) electrons. The molecule has 0 saturated heterocycles. The van der Waals surface area contributed by atoms with E-state index in [9.17, 15) is 9.90 Å². The van der Waals surface area contributed by atoms with Crippen LogP contribution in [0, 0.1) is 6.92 Å². The normalized spacial score (nSPS) is 13.8. The summed E-state index contributed by atoms with van der Waals surface area (Å²) in [6.45, 7) is 5.87. The lowest BCUT2D eigenvalue weighted by atomic mass is 10.2. The number of benzene rings is 3. The van der Waals surface area contributed by atoms with Crippen LogP contribution >= 0.6 is 30.6 Å². The Balaban J connectivity index is 1.93. The fraction of sp³-hybridized carbons (Fsp3) is 0.194. The van der Waals surface area contributed by atoms with Gasteiger partial charge >= 0.3 is 11.5 Å². The molecule has 0 fully saturated rings. The summed E-state index contributed by atoms with van der Waals surface area (Å²) in [5.74, 6) is -0.0698. The fourth-order valence-electron chi connectivity index (χ4n) is 4.73. The summed E-state index contributed by atoms with van der Waals surface area (Å²) in [5.41, 5.74) is 7.24. The van der Waals surface area contributed by atoms with Gasteiger partial charge in [0.25, 0.3) is 0 Å². The van der Waals surface area contributed by atoms with Crippen LogP contribution in [0.1, 0.15) is 18.2 Å². The van der Waals surface area contributed by atoms with Crippen molar-refractivity contribution in [3.05, 3.63) is 124 Å². The first-order valence-electron chi connectivity index (χ1n) is 14.0. The number of nitrogens with zero attached hydrogens (tertiary/aromatic N) is 7. The number of hydrazine groups is 1. The number of hydrazone groups is 1. The van der Waals surface area contributed by atoms with E-state index in [1.807, 2.05) is 73.0 Å². The number of nitrogens with one attached hydrogen (secondary N) is 2. The molecule has 1 aromatic heterocycles. The second kappa shape index (κ2) is 14.2. The maximum Gasteiger partial charge on any atom is 0.433 e. The molecular weight excluding hydrogens is 626 g/mol. The van der Waals surface area contributed by atoms with Crippen molar-refractivity contribution in [2.24, 2.45) is 10.2 Å². The Morgan fingerprint density at radius 2 is 1.51 bits per heavy atom. The van der Waals surface area contributed by atoms with Crippen LogP contribution in [-0.4, -0.2) is 54.5 Å². The molecule has 1 aliphatic rings. The summed E-state index contributed by atoms with van der Waals surface area (Å²) in [6, 6.07) is 30.5. The van der Waals surface area contributed by atoms with Crippen molar-refractivity contribution in [1.29, 1.82) is 0 Å². The van der Waals surface area contributed by atoms with Crippen molar-refractivity contribution in [3.8, 4) is 0 Å². The molecule has 0 atom stereocenters. The lowest BCUT2D eigenvalue weighted by molar-refractivity contribution is -0.412. The van der Waals surface area contributed by atoms with Crippen molar-refractivity contribution in [1.82, 2.24) is 30.7 Å². The van der Waals surface area contributed by atoms with Crippen LogP contribution in [0.25, 0.3) is 0 Å². The van der Waals surface area contributed by atoms with Gasteiger partial charge in [0.2, 0.25) is 10.3 Å². The first-order valence-corrected chi connectivity index (χ1v) is 18.6. The topological polar surface area (TPSA) is 126 Å². The highest BCUT2D eigenvalue weighted by Gasteiger charge is 2.34. The average Bonchev–Trinajstić information content (AvgIpc) is 3.08.